The van der Waals surface area contributed by atoms with E-state index in [2.05, 4.69) is 15.3 Å². The summed E-state index contributed by atoms with van der Waals surface area (Å²) in [5, 5.41) is 2.81. The van der Waals surface area contributed by atoms with Crippen LogP contribution < -0.4 is 5.32 Å². The van der Waals surface area contributed by atoms with Gasteiger partial charge in [0.15, 0.2) is 10.4 Å². The Balaban J connectivity index is 2.33. The Morgan fingerprint density at radius 3 is 3.10 bits per heavy atom. The lowest BCUT2D eigenvalue weighted by atomic mass is 10.2. The minimum Gasteiger partial charge on any atom is -0.383 e. The Labute approximate surface area is 122 Å². The van der Waals surface area contributed by atoms with E-state index in [9.17, 15) is 4.79 Å². The fourth-order valence-electron chi connectivity index (χ4n) is 2.04. The summed E-state index contributed by atoms with van der Waals surface area (Å²) < 4.78 is 7.14. The van der Waals surface area contributed by atoms with Gasteiger partial charge in [-0.15, -0.1) is 0 Å². The average Bonchev–Trinajstić information content (AvgIpc) is 2.76. The summed E-state index contributed by atoms with van der Waals surface area (Å²) in [5.74, 6) is -0.109. The number of fused-ring (bicyclic) bond motifs is 1. The Morgan fingerprint density at radius 1 is 1.65 bits per heavy atom. The minimum atomic E-state index is -0.428. The number of hydrogen-bond acceptors (Lipinski definition) is 4. The lowest BCUT2D eigenvalue weighted by Crippen LogP contribution is -2.33. The van der Waals surface area contributed by atoms with Crippen molar-refractivity contribution in [2.45, 2.75) is 19.9 Å². The van der Waals surface area contributed by atoms with E-state index in [4.69, 9.17) is 17.0 Å². The molecule has 0 spiro atoms. The molecule has 0 bridgehead atoms. The molecule has 0 aliphatic heterocycles. The highest BCUT2D eigenvalue weighted by molar-refractivity contribution is 7.71. The Bertz CT molecular complexity index is 677. The molecular weight excluding hydrogens is 276 g/mol. The number of ether oxygens (including phenoxy) is 1. The number of carbonyl (C=O) groups is 1. The van der Waals surface area contributed by atoms with Crippen molar-refractivity contribution in [1.82, 2.24) is 19.9 Å². The van der Waals surface area contributed by atoms with E-state index in [0.717, 1.165) is 11.1 Å². The first-order valence-electron chi connectivity index (χ1n) is 6.38. The van der Waals surface area contributed by atoms with Gasteiger partial charge in [-0.1, -0.05) is 0 Å². The molecular formula is C13H18N4O2S. The molecule has 2 aromatic rings. The maximum atomic E-state index is 12.1. The monoisotopic (exact) mass is 294 g/mol. The van der Waals surface area contributed by atoms with Crippen LogP contribution in [0, 0.1) is 11.7 Å². The first kappa shape index (κ1) is 14.7. The summed E-state index contributed by atoms with van der Waals surface area (Å²) in [4.78, 5) is 19.6. The molecule has 0 aromatic carbocycles. The van der Waals surface area contributed by atoms with E-state index in [1.54, 1.807) is 24.8 Å². The Morgan fingerprint density at radius 2 is 2.40 bits per heavy atom. The number of imidazole rings is 1. The highest BCUT2D eigenvalue weighted by atomic mass is 32.1. The number of nitrogens with one attached hydrogen (secondary N) is 2. The molecule has 20 heavy (non-hydrogen) atoms. The molecule has 1 atom stereocenters. The topological polar surface area (TPSA) is 71.9 Å². The molecule has 0 aliphatic carbocycles. The molecule has 1 amide bonds. The maximum Gasteiger partial charge on any atom is 0.243 e. The number of rotatable bonds is 5. The van der Waals surface area contributed by atoms with Gasteiger partial charge in [-0.2, -0.15) is 0 Å². The largest absolute Gasteiger partial charge is 0.383 e. The van der Waals surface area contributed by atoms with Crippen LogP contribution in [0.1, 0.15) is 18.5 Å². The third-order valence-corrected chi connectivity index (χ3v) is 3.49. The van der Waals surface area contributed by atoms with Gasteiger partial charge in [-0.3, -0.25) is 9.36 Å². The summed E-state index contributed by atoms with van der Waals surface area (Å²) in [6.45, 7) is 4.73. The van der Waals surface area contributed by atoms with Gasteiger partial charge in [0.2, 0.25) is 5.91 Å². The lowest BCUT2D eigenvalue weighted by Gasteiger charge is -2.14. The van der Waals surface area contributed by atoms with Crippen LogP contribution in [-0.4, -0.2) is 40.7 Å². The number of H-pyrrole nitrogens is 1. The molecule has 2 aromatic heterocycles. The SMILES string of the molecule is COCCNC(=O)C(C)n1c(=S)[nH]c2c(C)ccnc21. The van der Waals surface area contributed by atoms with Crippen molar-refractivity contribution >= 4 is 29.3 Å². The molecule has 0 aliphatic rings. The molecule has 108 valence electrons. The highest BCUT2D eigenvalue weighted by Gasteiger charge is 2.19. The molecule has 0 saturated heterocycles. The minimum absolute atomic E-state index is 0.109. The molecule has 7 heteroatoms. The number of aromatic amines is 1. The van der Waals surface area contributed by atoms with Crippen LogP contribution in [0.2, 0.25) is 0 Å². The molecule has 0 radical (unpaired) electrons. The van der Waals surface area contributed by atoms with Gasteiger partial charge < -0.3 is 15.0 Å². The van der Waals surface area contributed by atoms with E-state index < -0.39 is 6.04 Å². The van der Waals surface area contributed by atoms with Crippen LogP contribution in [0.3, 0.4) is 0 Å². The number of aryl methyl sites for hydroxylation is 1. The van der Waals surface area contributed by atoms with Gasteiger partial charge in [0.1, 0.15) is 6.04 Å². The number of carbonyl (C=O) groups excluding carboxylic acids is 1. The predicted octanol–water partition coefficient (Wildman–Crippen LogP) is 1.73. The van der Waals surface area contributed by atoms with Crippen molar-refractivity contribution < 1.29 is 9.53 Å². The second-order valence-electron chi connectivity index (χ2n) is 4.59. The van der Waals surface area contributed by atoms with E-state index in [1.807, 2.05) is 13.0 Å². The highest BCUT2D eigenvalue weighted by Crippen LogP contribution is 2.19. The van der Waals surface area contributed by atoms with E-state index >= 15 is 0 Å². The third kappa shape index (κ3) is 2.73. The summed E-state index contributed by atoms with van der Waals surface area (Å²) in [6, 6.07) is 1.48. The molecule has 6 nitrogen and oxygen atoms in total. The fourth-order valence-corrected chi connectivity index (χ4v) is 2.39. The van der Waals surface area contributed by atoms with Crippen molar-refractivity contribution in [3.63, 3.8) is 0 Å². The molecule has 2 N–H and O–H groups in total. The zero-order valence-corrected chi connectivity index (χ0v) is 12.6. The Hall–Kier alpha value is -1.73. The maximum absolute atomic E-state index is 12.1. The van der Waals surface area contributed by atoms with Crippen LogP contribution in [0.4, 0.5) is 0 Å². The fraction of sp³-hybridized carbons (Fsp3) is 0.462. The second kappa shape index (κ2) is 6.15. The molecule has 2 rings (SSSR count). The Kier molecular flexibility index (Phi) is 4.51. The van der Waals surface area contributed by atoms with Crippen LogP contribution in [0.5, 0.6) is 0 Å². The van der Waals surface area contributed by atoms with Crippen LogP contribution in [0.25, 0.3) is 11.2 Å². The van der Waals surface area contributed by atoms with Gasteiger partial charge in [-0.05, 0) is 37.7 Å². The molecule has 1 unspecified atom stereocenters. The standard InChI is InChI=1S/C13H18N4O2S/c1-8-4-5-14-11-10(8)16-13(20)17(11)9(2)12(18)15-6-7-19-3/h4-5,9H,6-7H2,1-3H3,(H,15,18)(H,16,20). The second-order valence-corrected chi connectivity index (χ2v) is 4.97. The summed E-state index contributed by atoms with van der Waals surface area (Å²) in [6.07, 6.45) is 1.71. The van der Waals surface area contributed by atoms with Crippen molar-refractivity contribution in [1.29, 1.82) is 0 Å². The quantitative estimate of drug-likeness (QED) is 0.650. The van der Waals surface area contributed by atoms with Crippen LogP contribution >= 0.6 is 12.2 Å². The average molecular weight is 294 g/mol. The van der Waals surface area contributed by atoms with Gasteiger partial charge in [-0.25, -0.2) is 4.98 Å². The number of nitrogens with zero attached hydrogens (tertiary/aromatic N) is 2. The number of amides is 1. The zero-order chi connectivity index (χ0) is 14.7. The predicted molar refractivity (Wildman–Crippen MR) is 79.3 cm³/mol. The van der Waals surface area contributed by atoms with Crippen molar-refractivity contribution in [2.75, 3.05) is 20.3 Å². The summed E-state index contributed by atoms with van der Waals surface area (Å²) in [5.41, 5.74) is 2.62. The van der Waals surface area contributed by atoms with Gasteiger partial charge >= 0.3 is 0 Å². The molecule has 0 fully saturated rings. The summed E-state index contributed by atoms with van der Waals surface area (Å²) in [7, 11) is 1.60. The number of methoxy groups -OCH3 is 1. The van der Waals surface area contributed by atoms with Crippen molar-refractivity contribution in [3.8, 4) is 0 Å². The van der Waals surface area contributed by atoms with Crippen LogP contribution in [0.15, 0.2) is 12.3 Å². The normalized spacial score (nSPS) is 12.6. The van der Waals surface area contributed by atoms with Crippen molar-refractivity contribution in [2.24, 2.45) is 0 Å². The summed E-state index contributed by atoms with van der Waals surface area (Å²) >= 11 is 5.31. The van der Waals surface area contributed by atoms with Crippen LogP contribution in [-0.2, 0) is 9.53 Å². The van der Waals surface area contributed by atoms with Gasteiger partial charge in [0.05, 0.1) is 12.1 Å². The first-order chi connectivity index (χ1) is 9.56. The number of hydrogen-bond donors (Lipinski definition) is 2. The third-order valence-electron chi connectivity index (χ3n) is 3.19. The van der Waals surface area contributed by atoms with Gasteiger partial charge in [0.25, 0.3) is 0 Å². The van der Waals surface area contributed by atoms with E-state index in [1.165, 1.54) is 0 Å². The molecule has 0 saturated carbocycles. The number of aromatic nitrogens is 3. The van der Waals surface area contributed by atoms with Crippen molar-refractivity contribution in [3.05, 3.63) is 22.6 Å². The first-order valence-corrected chi connectivity index (χ1v) is 6.79. The number of pyridine rings is 1. The van der Waals surface area contributed by atoms with Gasteiger partial charge in [0, 0.05) is 19.9 Å². The zero-order valence-electron chi connectivity index (χ0n) is 11.8. The lowest BCUT2D eigenvalue weighted by molar-refractivity contribution is -0.124. The smallest absolute Gasteiger partial charge is 0.243 e. The van der Waals surface area contributed by atoms with E-state index in [-0.39, 0.29) is 5.91 Å². The molecule has 2 heterocycles. The van der Waals surface area contributed by atoms with E-state index in [0.29, 0.717) is 23.6 Å².